The van der Waals surface area contributed by atoms with Gasteiger partial charge in [0, 0.05) is 21.9 Å². The van der Waals surface area contributed by atoms with E-state index in [1.54, 1.807) is 29.7 Å². The van der Waals surface area contributed by atoms with Crippen molar-refractivity contribution < 1.29 is 4.92 Å². The van der Waals surface area contributed by atoms with Gasteiger partial charge in [-0.05, 0) is 37.1 Å². The molecule has 0 bridgehead atoms. The van der Waals surface area contributed by atoms with Crippen LogP contribution in [0.15, 0.2) is 41.5 Å². The average molecular weight is 303 g/mol. The van der Waals surface area contributed by atoms with Crippen molar-refractivity contribution in [2.24, 2.45) is 5.10 Å². The average Bonchev–Trinajstić information content (AvgIpc) is 2.93. The summed E-state index contributed by atoms with van der Waals surface area (Å²) in [6, 6.07) is 10.4. The Morgan fingerprint density at radius 1 is 1.29 bits per heavy atom. The van der Waals surface area contributed by atoms with E-state index in [-0.39, 0.29) is 5.69 Å². The van der Waals surface area contributed by atoms with Gasteiger partial charge in [0.1, 0.15) is 0 Å². The van der Waals surface area contributed by atoms with Crippen molar-refractivity contribution >= 4 is 28.9 Å². The molecule has 0 unspecified atom stereocenters. The van der Waals surface area contributed by atoms with Gasteiger partial charge in [0.2, 0.25) is 0 Å². The Morgan fingerprint density at radius 2 is 2.05 bits per heavy atom. The number of thiophene rings is 1. The lowest BCUT2D eigenvalue weighted by Crippen LogP contribution is -1.91. The molecule has 0 spiro atoms. The number of nitrogens with zero attached hydrogens (tertiary/aromatic N) is 2. The van der Waals surface area contributed by atoms with Gasteiger partial charge in [-0.2, -0.15) is 5.10 Å². The van der Waals surface area contributed by atoms with Crippen LogP contribution in [0, 0.1) is 10.1 Å². The van der Waals surface area contributed by atoms with E-state index in [0.717, 1.165) is 17.0 Å². The summed E-state index contributed by atoms with van der Waals surface area (Å²) in [7, 11) is 0. The maximum Gasteiger partial charge on any atom is 0.269 e. The van der Waals surface area contributed by atoms with Crippen LogP contribution in [0.4, 0.5) is 11.4 Å². The molecule has 0 aliphatic rings. The maximum absolute atomic E-state index is 10.5. The molecular weight excluding hydrogens is 286 g/mol. The molecule has 1 N–H and O–H groups in total. The van der Waals surface area contributed by atoms with E-state index in [1.807, 2.05) is 0 Å². The Morgan fingerprint density at radius 3 is 2.71 bits per heavy atom. The molecular formula is C15H17N3O2S. The molecule has 6 heteroatoms. The van der Waals surface area contributed by atoms with E-state index in [4.69, 9.17) is 0 Å². The van der Waals surface area contributed by atoms with Crippen molar-refractivity contribution in [3.05, 3.63) is 56.3 Å². The Bertz CT molecular complexity index is 620. The van der Waals surface area contributed by atoms with Gasteiger partial charge in [-0.25, -0.2) is 0 Å². The first-order chi connectivity index (χ1) is 10.2. The number of non-ortho nitro benzene ring substituents is 1. The highest BCUT2D eigenvalue weighted by Crippen LogP contribution is 2.18. The van der Waals surface area contributed by atoms with Crippen LogP contribution in [0.5, 0.6) is 0 Å². The predicted octanol–water partition coefficient (Wildman–Crippen LogP) is 4.44. The smallest absolute Gasteiger partial charge is 0.269 e. The van der Waals surface area contributed by atoms with Crippen molar-refractivity contribution in [3.63, 3.8) is 0 Å². The molecule has 0 aliphatic carbocycles. The van der Waals surface area contributed by atoms with Crippen LogP contribution in [0.1, 0.15) is 29.5 Å². The summed E-state index contributed by atoms with van der Waals surface area (Å²) in [5.74, 6) is 0. The van der Waals surface area contributed by atoms with Crippen LogP contribution >= 0.6 is 11.3 Å². The molecule has 110 valence electrons. The van der Waals surface area contributed by atoms with Crippen LogP contribution in [0.3, 0.4) is 0 Å². The second kappa shape index (κ2) is 7.54. The van der Waals surface area contributed by atoms with Gasteiger partial charge in [0.15, 0.2) is 0 Å². The van der Waals surface area contributed by atoms with E-state index in [0.29, 0.717) is 0 Å². The minimum atomic E-state index is -0.420. The van der Waals surface area contributed by atoms with Crippen LogP contribution in [-0.4, -0.2) is 11.1 Å². The lowest BCUT2D eigenvalue weighted by Gasteiger charge is -1.98. The van der Waals surface area contributed by atoms with E-state index < -0.39 is 4.92 Å². The number of benzene rings is 1. The van der Waals surface area contributed by atoms with Crippen LogP contribution in [0.25, 0.3) is 0 Å². The quantitative estimate of drug-likeness (QED) is 0.467. The largest absolute Gasteiger partial charge is 0.278 e. The van der Waals surface area contributed by atoms with E-state index in [2.05, 4.69) is 29.6 Å². The van der Waals surface area contributed by atoms with Crippen LogP contribution < -0.4 is 5.43 Å². The molecule has 1 aromatic carbocycles. The first kappa shape index (κ1) is 15.2. The summed E-state index contributed by atoms with van der Waals surface area (Å²) in [5.41, 5.74) is 3.66. The summed E-state index contributed by atoms with van der Waals surface area (Å²) in [6.07, 6.45) is 5.29. The fourth-order valence-electron chi connectivity index (χ4n) is 1.78. The second-order valence-electron chi connectivity index (χ2n) is 4.58. The molecule has 0 saturated heterocycles. The third-order valence-corrected chi connectivity index (χ3v) is 4.00. The zero-order valence-corrected chi connectivity index (χ0v) is 12.6. The first-order valence-electron chi connectivity index (χ1n) is 6.81. The topological polar surface area (TPSA) is 67.5 Å². The number of nitro groups is 1. The van der Waals surface area contributed by atoms with Gasteiger partial charge < -0.3 is 0 Å². The van der Waals surface area contributed by atoms with Gasteiger partial charge in [-0.3, -0.25) is 15.5 Å². The fourth-order valence-corrected chi connectivity index (χ4v) is 2.70. The highest BCUT2D eigenvalue weighted by atomic mass is 32.1. The molecule has 0 radical (unpaired) electrons. The van der Waals surface area contributed by atoms with Crippen LogP contribution in [0.2, 0.25) is 0 Å². The zero-order valence-electron chi connectivity index (χ0n) is 11.8. The molecule has 5 nitrogen and oxygen atoms in total. The molecule has 21 heavy (non-hydrogen) atoms. The predicted molar refractivity (Wildman–Crippen MR) is 87.2 cm³/mol. The number of hydrazone groups is 1. The van der Waals surface area contributed by atoms with Gasteiger partial charge in [-0.15, -0.1) is 11.3 Å². The number of nitrogens with one attached hydrogen (secondary N) is 1. The maximum atomic E-state index is 10.5. The number of hydrogen-bond acceptors (Lipinski definition) is 5. The molecule has 0 amide bonds. The summed E-state index contributed by atoms with van der Waals surface area (Å²) < 4.78 is 0. The Labute approximate surface area is 127 Å². The third kappa shape index (κ3) is 4.68. The molecule has 0 aliphatic heterocycles. The molecule has 1 aromatic heterocycles. The van der Waals surface area contributed by atoms with Crippen LogP contribution in [-0.2, 0) is 6.42 Å². The van der Waals surface area contributed by atoms with Gasteiger partial charge in [0.05, 0.1) is 16.8 Å². The summed E-state index contributed by atoms with van der Waals surface area (Å²) in [4.78, 5) is 12.6. The van der Waals surface area contributed by atoms with Crippen molar-refractivity contribution in [2.45, 2.75) is 26.2 Å². The normalized spacial score (nSPS) is 10.9. The molecule has 0 saturated carbocycles. The highest BCUT2D eigenvalue weighted by Gasteiger charge is 2.03. The van der Waals surface area contributed by atoms with Crippen molar-refractivity contribution in [3.8, 4) is 0 Å². The number of anilines is 1. The van der Waals surface area contributed by atoms with Crippen molar-refractivity contribution in [1.82, 2.24) is 0 Å². The number of unbranched alkanes of at least 4 members (excludes halogenated alkanes) is 1. The highest BCUT2D eigenvalue weighted by molar-refractivity contribution is 7.13. The number of aryl methyl sites for hydroxylation is 1. The van der Waals surface area contributed by atoms with E-state index >= 15 is 0 Å². The number of nitro benzene ring substituents is 1. The Hall–Kier alpha value is -2.21. The van der Waals surface area contributed by atoms with Gasteiger partial charge in [0.25, 0.3) is 5.69 Å². The zero-order chi connectivity index (χ0) is 15.1. The lowest BCUT2D eigenvalue weighted by molar-refractivity contribution is -0.384. The second-order valence-corrected chi connectivity index (χ2v) is 5.78. The summed E-state index contributed by atoms with van der Waals surface area (Å²) >= 11 is 1.74. The third-order valence-electron chi connectivity index (χ3n) is 2.92. The summed E-state index contributed by atoms with van der Waals surface area (Å²) in [6.45, 7) is 2.18. The SMILES string of the molecule is CCCCc1ccc(/C=N/Nc2ccc([N+](=O)[O-])cc2)s1. The van der Waals surface area contributed by atoms with Gasteiger partial charge >= 0.3 is 0 Å². The standard InChI is InChI=1S/C15H17N3O2S/c1-2-3-4-14-9-10-15(21-14)11-16-17-12-5-7-13(8-6-12)18(19)20/h5-11,17H,2-4H2,1H3/b16-11+. The Balaban J connectivity index is 1.89. The van der Waals surface area contributed by atoms with E-state index in [9.17, 15) is 10.1 Å². The number of hydrogen-bond donors (Lipinski definition) is 1. The molecule has 2 rings (SSSR count). The molecule has 0 atom stereocenters. The number of rotatable bonds is 7. The lowest BCUT2D eigenvalue weighted by atomic mass is 10.2. The van der Waals surface area contributed by atoms with Crippen molar-refractivity contribution in [2.75, 3.05) is 5.43 Å². The molecule has 0 fully saturated rings. The minimum absolute atomic E-state index is 0.0725. The monoisotopic (exact) mass is 303 g/mol. The van der Waals surface area contributed by atoms with Crippen molar-refractivity contribution in [1.29, 1.82) is 0 Å². The van der Waals surface area contributed by atoms with Gasteiger partial charge in [-0.1, -0.05) is 13.3 Å². The van der Waals surface area contributed by atoms with E-state index in [1.165, 1.54) is 29.9 Å². The molecule has 2 aromatic rings. The minimum Gasteiger partial charge on any atom is -0.278 e. The Kier molecular flexibility index (Phi) is 5.45. The fraction of sp³-hybridized carbons (Fsp3) is 0.267. The summed E-state index contributed by atoms with van der Waals surface area (Å²) in [5, 5.41) is 14.7. The first-order valence-corrected chi connectivity index (χ1v) is 7.63. The molecule has 1 heterocycles.